The van der Waals surface area contributed by atoms with Gasteiger partial charge in [0.2, 0.25) is 0 Å². The minimum absolute atomic E-state index is 0.0827. The number of hydrogen-bond donors (Lipinski definition) is 1. The van der Waals surface area contributed by atoms with Gasteiger partial charge in [-0.3, -0.25) is 0 Å². The smallest absolute Gasteiger partial charge is 0.142 e. The van der Waals surface area contributed by atoms with Gasteiger partial charge >= 0.3 is 0 Å². The predicted molar refractivity (Wildman–Crippen MR) is 60.4 cm³/mol. The number of nitrogens with two attached hydrogens (primary N) is 1. The van der Waals surface area contributed by atoms with Crippen LogP contribution in [-0.4, -0.2) is 6.54 Å². The Bertz CT molecular complexity index is 431. The molecule has 1 fully saturated rings. The van der Waals surface area contributed by atoms with Crippen molar-refractivity contribution in [2.24, 2.45) is 17.1 Å². The summed E-state index contributed by atoms with van der Waals surface area (Å²) in [4.78, 5) is 0. The topological polar surface area (TPSA) is 26.0 Å². The van der Waals surface area contributed by atoms with Gasteiger partial charge in [0.05, 0.1) is 5.02 Å². The number of benzene rings is 1. The van der Waals surface area contributed by atoms with Gasteiger partial charge in [-0.25, -0.2) is 8.78 Å². The van der Waals surface area contributed by atoms with Gasteiger partial charge in [-0.15, -0.1) is 0 Å². The van der Waals surface area contributed by atoms with E-state index in [1.807, 2.05) is 13.8 Å². The summed E-state index contributed by atoms with van der Waals surface area (Å²) in [6, 6.07) is 2.17. The van der Waals surface area contributed by atoms with Crippen LogP contribution >= 0.6 is 11.6 Å². The summed E-state index contributed by atoms with van der Waals surface area (Å²) in [6.45, 7) is 4.45. The summed E-state index contributed by atoms with van der Waals surface area (Å²) in [5.74, 6) is -0.932. The van der Waals surface area contributed by atoms with Crippen molar-refractivity contribution in [2.45, 2.75) is 19.8 Å². The first kappa shape index (κ1) is 11.8. The first-order valence-corrected chi connectivity index (χ1v) is 5.62. The molecule has 0 aliphatic heterocycles. The molecule has 0 heterocycles. The van der Waals surface area contributed by atoms with Crippen molar-refractivity contribution >= 4 is 11.6 Å². The minimum atomic E-state index is -0.573. The van der Waals surface area contributed by atoms with E-state index in [2.05, 4.69) is 0 Å². The molecule has 0 bridgehead atoms. The third-order valence-corrected chi connectivity index (χ3v) is 4.08. The Labute approximate surface area is 98.6 Å². The fourth-order valence-electron chi connectivity index (χ4n) is 2.58. The maximum absolute atomic E-state index is 13.7. The number of hydrogen-bond acceptors (Lipinski definition) is 1. The molecule has 2 rings (SSSR count). The molecule has 1 aliphatic rings. The molecule has 2 N–H and O–H groups in total. The molecule has 0 radical (unpaired) electrons. The van der Waals surface area contributed by atoms with Crippen molar-refractivity contribution in [1.29, 1.82) is 0 Å². The highest BCUT2D eigenvalue weighted by atomic mass is 35.5. The molecule has 1 saturated carbocycles. The summed E-state index contributed by atoms with van der Waals surface area (Å²) in [5.41, 5.74) is 5.79. The highest BCUT2D eigenvalue weighted by Crippen LogP contribution is 2.65. The Balaban J connectivity index is 2.47. The normalized spacial score (nSPS) is 26.9. The highest BCUT2D eigenvalue weighted by molar-refractivity contribution is 6.31. The van der Waals surface area contributed by atoms with E-state index in [0.717, 1.165) is 12.1 Å². The molecule has 2 atom stereocenters. The Morgan fingerprint density at radius 1 is 1.31 bits per heavy atom. The molecule has 0 saturated heterocycles. The first-order chi connectivity index (χ1) is 7.41. The maximum Gasteiger partial charge on any atom is 0.142 e. The lowest BCUT2D eigenvalue weighted by Gasteiger charge is -2.08. The van der Waals surface area contributed by atoms with E-state index in [4.69, 9.17) is 17.3 Å². The van der Waals surface area contributed by atoms with Gasteiger partial charge in [-0.2, -0.15) is 0 Å². The second kappa shape index (κ2) is 3.67. The molecule has 4 heteroatoms. The standard InChI is InChI=1S/C12H14ClF2N/c1-12(2)6(5-16)10(12)9-7(14)3-4-8(15)11(9)13/h3-4,6,10H,5,16H2,1-2H3. The number of rotatable bonds is 2. The molecule has 2 unspecified atom stereocenters. The molecule has 1 aliphatic carbocycles. The van der Waals surface area contributed by atoms with Gasteiger partial charge in [0.25, 0.3) is 0 Å². The van der Waals surface area contributed by atoms with Gasteiger partial charge in [-0.05, 0) is 35.9 Å². The van der Waals surface area contributed by atoms with Crippen molar-refractivity contribution in [1.82, 2.24) is 0 Å². The van der Waals surface area contributed by atoms with E-state index >= 15 is 0 Å². The molecular weight excluding hydrogens is 232 g/mol. The SMILES string of the molecule is CC1(C)C(CN)C1c1c(F)ccc(F)c1Cl. The molecule has 1 nitrogen and oxygen atoms in total. The third kappa shape index (κ3) is 1.54. The van der Waals surface area contributed by atoms with Crippen LogP contribution in [0.3, 0.4) is 0 Å². The average Bonchev–Trinajstić information content (AvgIpc) is 2.75. The Kier molecular flexibility index (Phi) is 2.71. The van der Waals surface area contributed by atoms with E-state index < -0.39 is 11.6 Å². The molecular formula is C12H14ClF2N. The van der Waals surface area contributed by atoms with E-state index in [9.17, 15) is 8.78 Å². The second-order valence-electron chi connectivity index (χ2n) is 4.90. The van der Waals surface area contributed by atoms with Gasteiger partial charge in [-0.1, -0.05) is 25.4 Å². The van der Waals surface area contributed by atoms with Crippen molar-refractivity contribution < 1.29 is 8.78 Å². The Morgan fingerprint density at radius 3 is 2.38 bits per heavy atom. The molecule has 1 aromatic rings. The van der Waals surface area contributed by atoms with E-state index in [1.54, 1.807) is 0 Å². The summed E-state index contributed by atoms with van der Waals surface area (Å²) >= 11 is 5.83. The second-order valence-corrected chi connectivity index (χ2v) is 5.28. The summed E-state index contributed by atoms with van der Waals surface area (Å²) in [5, 5.41) is -0.103. The summed E-state index contributed by atoms with van der Waals surface area (Å²) < 4.78 is 27.0. The zero-order chi connectivity index (χ0) is 12.1. The van der Waals surface area contributed by atoms with E-state index in [0.29, 0.717) is 6.54 Å². The van der Waals surface area contributed by atoms with Crippen molar-refractivity contribution in [2.75, 3.05) is 6.54 Å². The van der Waals surface area contributed by atoms with E-state index in [1.165, 1.54) is 0 Å². The van der Waals surface area contributed by atoms with Crippen LogP contribution in [0.15, 0.2) is 12.1 Å². The van der Waals surface area contributed by atoms with Crippen LogP contribution in [0.25, 0.3) is 0 Å². The largest absolute Gasteiger partial charge is 0.330 e. The van der Waals surface area contributed by atoms with Crippen LogP contribution in [0.2, 0.25) is 5.02 Å². The summed E-state index contributed by atoms with van der Waals surface area (Å²) in [7, 11) is 0. The van der Waals surface area contributed by atoms with Crippen LogP contribution in [0.1, 0.15) is 25.3 Å². The lowest BCUT2D eigenvalue weighted by Crippen LogP contribution is -2.05. The first-order valence-electron chi connectivity index (χ1n) is 5.24. The fourth-order valence-corrected chi connectivity index (χ4v) is 2.86. The molecule has 0 spiro atoms. The van der Waals surface area contributed by atoms with Crippen molar-refractivity contribution in [3.8, 4) is 0 Å². The molecule has 88 valence electrons. The molecule has 16 heavy (non-hydrogen) atoms. The Morgan fingerprint density at radius 2 is 1.88 bits per heavy atom. The monoisotopic (exact) mass is 245 g/mol. The van der Waals surface area contributed by atoms with Crippen molar-refractivity contribution in [3.05, 3.63) is 34.4 Å². The van der Waals surface area contributed by atoms with E-state index in [-0.39, 0.29) is 27.8 Å². The van der Waals surface area contributed by atoms with Crippen LogP contribution in [-0.2, 0) is 0 Å². The van der Waals surface area contributed by atoms with Crippen molar-refractivity contribution in [3.63, 3.8) is 0 Å². The third-order valence-electron chi connectivity index (χ3n) is 3.69. The fraction of sp³-hybridized carbons (Fsp3) is 0.500. The molecule has 1 aromatic carbocycles. The van der Waals surface area contributed by atoms with Gasteiger partial charge in [0.15, 0.2) is 0 Å². The summed E-state index contributed by atoms with van der Waals surface area (Å²) in [6.07, 6.45) is 0. The van der Waals surface area contributed by atoms with Crippen LogP contribution in [0.5, 0.6) is 0 Å². The van der Waals surface area contributed by atoms with Gasteiger partial charge in [0.1, 0.15) is 11.6 Å². The molecule has 0 amide bonds. The number of halogens is 3. The minimum Gasteiger partial charge on any atom is -0.330 e. The van der Waals surface area contributed by atoms with Crippen LogP contribution in [0.4, 0.5) is 8.78 Å². The van der Waals surface area contributed by atoms with Gasteiger partial charge in [0, 0.05) is 5.56 Å². The molecule has 0 aromatic heterocycles. The Hall–Kier alpha value is -0.670. The lowest BCUT2D eigenvalue weighted by molar-refractivity contribution is 0.547. The quantitative estimate of drug-likeness (QED) is 0.795. The maximum atomic E-state index is 13.7. The average molecular weight is 246 g/mol. The highest BCUT2D eigenvalue weighted by Gasteiger charge is 2.58. The lowest BCUT2D eigenvalue weighted by atomic mass is 10.0. The zero-order valence-corrected chi connectivity index (χ0v) is 9.98. The van der Waals surface area contributed by atoms with Crippen LogP contribution < -0.4 is 5.73 Å². The predicted octanol–water partition coefficient (Wildman–Crippen LogP) is 3.32. The zero-order valence-electron chi connectivity index (χ0n) is 9.23. The van der Waals surface area contributed by atoms with Gasteiger partial charge < -0.3 is 5.73 Å². The van der Waals surface area contributed by atoms with Crippen LogP contribution in [0, 0.1) is 23.0 Å².